The van der Waals surface area contributed by atoms with Crippen LogP contribution in [0, 0.1) is 13.8 Å². The van der Waals surface area contributed by atoms with Gasteiger partial charge in [-0.1, -0.05) is 6.92 Å². The quantitative estimate of drug-likeness (QED) is 0.671. The molecule has 0 aromatic carbocycles. The maximum Gasteiger partial charge on any atom is 0.0973 e. The van der Waals surface area contributed by atoms with Crippen molar-refractivity contribution < 1.29 is 0 Å². The van der Waals surface area contributed by atoms with Crippen molar-refractivity contribution in [2.24, 2.45) is 0 Å². The van der Waals surface area contributed by atoms with Gasteiger partial charge in [0.25, 0.3) is 0 Å². The Morgan fingerprint density at radius 3 is 2.25 bits per heavy atom. The zero-order valence-corrected chi connectivity index (χ0v) is 9.46. The molecular formula is C9H14ClNS. The summed E-state index contributed by atoms with van der Waals surface area (Å²) < 4.78 is 0. The first-order chi connectivity index (χ1) is 5.52. The molecule has 1 aromatic heterocycles. The van der Waals surface area contributed by atoms with Gasteiger partial charge in [-0.05, 0) is 20.8 Å². The normalized spacial score (nSPS) is 16.1. The van der Waals surface area contributed by atoms with Crippen LogP contribution < -0.4 is 0 Å². The molecule has 0 bridgehead atoms. The Hall–Kier alpha value is -0.0800. The van der Waals surface area contributed by atoms with Crippen molar-refractivity contribution in [2.45, 2.75) is 39.0 Å². The summed E-state index contributed by atoms with van der Waals surface area (Å²) in [6, 6.07) is 0. The van der Waals surface area contributed by atoms with E-state index in [4.69, 9.17) is 11.6 Å². The topological polar surface area (TPSA) is 12.9 Å². The van der Waals surface area contributed by atoms with Crippen LogP contribution in [-0.2, 0) is 0 Å². The van der Waals surface area contributed by atoms with E-state index < -0.39 is 0 Å². The van der Waals surface area contributed by atoms with Crippen molar-refractivity contribution in [3.8, 4) is 0 Å². The summed E-state index contributed by atoms with van der Waals surface area (Å²) >= 11 is 7.75. The zero-order chi connectivity index (χ0) is 9.30. The van der Waals surface area contributed by atoms with Gasteiger partial charge < -0.3 is 0 Å². The predicted molar refractivity (Wildman–Crippen MR) is 55.3 cm³/mol. The van der Waals surface area contributed by atoms with Crippen molar-refractivity contribution in [1.29, 1.82) is 0 Å². The summed E-state index contributed by atoms with van der Waals surface area (Å²) in [6.45, 7) is 8.27. The highest BCUT2D eigenvalue weighted by molar-refractivity contribution is 7.11. The molecule has 68 valence electrons. The molecule has 2 unspecified atom stereocenters. The molecule has 0 radical (unpaired) electrons. The minimum atomic E-state index is 0.162. The van der Waals surface area contributed by atoms with Crippen LogP contribution in [0.3, 0.4) is 0 Å². The molecule has 0 aliphatic rings. The lowest BCUT2D eigenvalue weighted by Gasteiger charge is -2.09. The lowest BCUT2D eigenvalue weighted by atomic mass is 10.1. The Bertz CT molecular complexity index is 248. The van der Waals surface area contributed by atoms with E-state index in [1.165, 1.54) is 4.88 Å². The molecule has 0 aliphatic heterocycles. The Labute approximate surface area is 82.8 Å². The second-order valence-electron chi connectivity index (χ2n) is 3.16. The molecule has 0 aliphatic carbocycles. The molecule has 0 fully saturated rings. The number of alkyl halides is 1. The van der Waals surface area contributed by atoms with Gasteiger partial charge in [-0.25, -0.2) is 4.98 Å². The Kier molecular flexibility index (Phi) is 3.13. The third-order valence-electron chi connectivity index (χ3n) is 2.12. The monoisotopic (exact) mass is 203 g/mol. The lowest BCUT2D eigenvalue weighted by molar-refractivity contribution is 0.733. The molecule has 1 aromatic rings. The smallest absolute Gasteiger partial charge is 0.0973 e. The molecule has 3 heteroatoms. The van der Waals surface area contributed by atoms with E-state index in [1.54, 1.807) is 11.3 Å². The number of aryl methyl sites for hydroxylation is 2. The van der Waals surface area contributed by atoms with Gasteiger partial charge in [0.1, 0.15) is 0 Å². The average molecular weight is 204 g/mol. The first-order valence-electron chi connectivity index (χ1n) is 4.10. The summed E-state index contributed by atoms with van der Waals surface area (Å²) in [5.74, 6) is 0.365. The van der Waals surface area contributed by atoms with Crippen molar-refractivity contribution in [1.82, 2.24) is 4.98 Å². The first-order valence-corrected chi connectivity index (χ1v) is 5.35. The molecule has 12 heavy (non-hydrogen) atoms. The third kappa shape index (κ3) is 1.99. The molecule has 1 rings (SSSR count). The number of hydrogen-bond donors (Lipinski definition) is 0. The number of hydrogen-bond acceptors (Lipinski definition) is 2. The van der Waals surface area contributed by atoms with Gasteiger partial charge in [-0.2, -0.15) is 0 Å². The van der Waals surface area contributed by atoms with E-state index in [9.17, 15) is 0 Å². The fourth-order valence-corrected chi connectivity index (χ4v) is 2.16. The van der Waals surface area contributed by atoms with Crippen LogP contribution in [0.15, 0.2) is 0 Å². The van der Waals surface area contributed by atoms with Gasteiger partial charge in [0.05, 0.1) is 10.7 Å². The predicted octanol–water partition coefficient (Wildman–Crippen LogP) is 3.49. The Morgan fingerprint density at radius 1 is 1.33 bits per heavy atom. The summed E-state index contributed by atoms with van der Waals surface area (Å²) in [5.41, 5.74) is 1.14. The molecule has 0 amide bonds. The van der Waals surface area contributed by atoms with Crippen LogP contribution in [-0.4, -0.2) is 10.4 Å². The van der Waals surface area contributed by atoms with Gasteiger partial charge in [0, 0.05) is 16.2 Å². The van der Waals surface area contributed by atoms with Crippen molar-refractivity contribution >= 4 is 22.9 Å². The SMILES string of the molecule is Cc1nc(C(C)C(C)Cl)sc1C. The number of thiazole rings is 1. The minimum absolute atomic E-state index is 0.162. The van der Waals surface area contributed by atoms with E-state index >= 15 is 0 Å². The second kappa shape index (κ2) is 3.75. The van der Waals surface area contributed by atoms with Gasteiger partial charge in [-0.3, -0.25) is 0 Å². The zero-order valence-electron chi connectivity index (χ0n) is 7.89. The summed E-state index contributed by atoms with van der Waals surface area (Å²) in [6.07, 6.45) is 0. The third-order valence-corrected chi connectivity index (χ3v) is 3.78. The Morgan fingerprint density at radius 2 is 1.92 bits per heavy atom. The van der Waals surface area contributed by atoms with Crippen LogP contribution in [0.2, 0.25) is 0 Å². The molecule has 0 N–H and O–H groups in total. The molecular weight excluding hydrogens is 190 g/mol. The number of rotatable bonds is 2. The molecule has 1 nitrogen and oxygen atoms in total. The number of nitrogens with zero attached hydrogens (tertiary/aromatic N) is 1. The fraction of sp³-hybridized carbons (Fsp3) is 0.667. The highest BCUT2D eigenvalue weighted by Gasteiger charge is 2.16. The van der Waals surface area contributed by atoms with Crippen LogP contribution in [0.25, 0.3) is 0 Å². The summed E-state index contributed by atoms with van der Waals surface area (Å²) in [7, 11) is 0. The maximum absolute atomic E-state index is 5.99. The van der Waals surface area contributed by atoms with Gasteiger partial charge in [-0.15, -0.1) is 22.9 Å². The number of aromatic nitrogens is 1. The number of halogens is 1. The molecule has 2 atom stereocenters. The van der Waals surface area contributed by atoms with Crippen LogP contribution in [0.5, 0.6) is 0 Å². The second-order valence-corrected chi connectivity index (χ2v) is 5.08. The van der Waals surface area contributed by atoms with Crippen LogP contribution in [0.1, 0.15) is 35.3 Å². The summed E-state index contributed by atoms with van der Waals surface area (Å²) in [5, 5.41) is 1.32. The standard InChI is InChI=1S/C9H14ClNS/c1-5(6(2)10)9-11-7(3)8(4)12-9/h5-6H,1-4H3. The molecule has 1 heterocycles. The van der Waals surface area contributed by atoms with Crippen LogP contribution >= 0.6 is 22.9 Å². The van der Waals surface area contributed by atoms with Crippen LogP contribution in [0.4, 0.5) is 0 Å². The largest absolute Gasteiger partial charge is 0.246 e. The van der Waals surface area contributed by atoms with Gasteiger partial charge in [0.15, 0.2) is 0 Å². The van der Waals surface area contributed by atoms with Crippen molar-refractivity contribution in [3.05, 3.63) is 15.6 Å². The average Bonchev–Trinajstić information content (AvgIpc) is 2.30. The molecule has 0 saturated carbocycles. The molecule has 0 spiro atoms. The van der Waals surface area contributed by atoms with Gasteiger partial charge >= 0.3 is 0 Å². The highest BCUT2D eigenvalue weighted by atomic mass is 35.5. The fourth-order valence-electron chi connectivity index (χ4n) is 0.889. The van der Waals surface area contributed by atoms with E-state index in [0.29, 0.717) is 5.92 Å². The first kappa shape index (κ1) is 10.0. The van der Waals surface area contributed by atoms with E-state index in [1.807, 2.05) is 13.8 Å². The lowest BCUT2D eigenvalue weighted by Crippen LogP contribution is -2.04. The van der Waals surface area contributed by atoms with Crippen molar-refractivity contribution in [2.75, 3.05) is 0 Å². The summed E-state index contributed by atoms with van der Waals surface area (Å²) in [4.78, 5) is 5.77. The van der Waals surface area contributed by atoms with E-state index in [2.05, 4.69) is 18.8 Å². The Balaban J connectivity index is 2.89. The van der Waals surface area contributed by atoms with E-state index in [0.717, 1.165) is 10.7 Å². The molecule has 0 saturated heterocycles. The van der Waals surface area contributed by atoms with E-state index in [-0.39, 0.29) is 5.38 Å². The minimum Gasteiger partial charge on any atom is -0.246 e. The van der Waals surface area contributed by atoms with Gasteiger partial charge in [0.2, 0.25) is 0 Å². The highest BCUT2D eigenvalue weighted by Crippen LogP contribution is 2.28. The van der Waals surface area contributed by atoms with Crippen molar-refractivity contribution in [3.63, 3.8) is 0 Å². The maximum atomic E-state index is 5.99.